The highest BCUT2D eigenvalue weighted by Gasteiger charge is 2.36. The molecule has 0 radical (unpaired) electrons. The standard InChI is InChI=1S/C16H27N3O/c1-5-13-12(2)18-15(19-14(13)17-3)16(20-4)10-8-6-7-9-11-16/h5-11H2,1-4H3,(H,17,18,19). The normalized spacial score (nSPS) is 18.6. The Balaban J connectivity index is 2.46. The van der Waals surface area contributed by atoms with Crippen LogP contribution in [0.15, 0.2) is 0 Å². The first-order valence-electron chi connectivity index (χ1n) is 7.77. The molecule has 20 heavy (non-hydrogen) atoms. The molecule has 0 amide bonds. The summed E-state index contributed by atoms with van der Waals surface area (Å²) >= 11 is 0. The molecule has 4 heteroatoms. The summed E-state index contributed by atoms with van der Waals surface area (Å²) in [6.07, 6.45) is 7.96. The van der Waals surface area contributed by atoms with Crippen molar-refractivity contribution in [3.8, 4) is 0 Å². The molecule has 1 N–H and O–H groups in total. The first-order chi connectivity index (χ1) is 9.66. The zero-order chi connectivity index (χ0) is 14.6. The third-order valence-corrected chi connectivity index (χ3v) is 4.51. The molecule has 0 spiro atoms. The summed E-state index contributed by atoms with van der Waals surface area (Å²) < 4.78 is 5.92. The van der Waals surface area contributed by atoms with Crippen molar-refractivity contribution in [3.05, 3.63) is 17.1 Å². The van der Waals surface area contributed by atoms with Crippen LogP contribution < -0.4 is 5.32 Å². The molecule has 0 bridgehead atoms. The smallest absolute Gasteiger partial charge is 0.162 e. The lowest BCUT2D eigenvalue weighted by Crippen LogP contribution is -2.31. The van der Waals surface area contributed by atoms with E-state index in [4.69, 9.17) is 14.7 Å². The molecule has 1 fully saturated rings. The van der Waals surface area contributed by atoms with Crippen molar-refractivity contribution in [3.63, 3.8) is 0 Å². The van der Waals surface area contributed by atoms with Crippen molar-refractivity contribution < 1.29 is 4.74 Å². The van der Waals surface area contributed by atoms with Crippen LogP contribution in [0.2, 0.25) is 0 Å². The van der Waals surface area contributed by atoms with Gasteiger partial charge in [0.05, 0.1) is 0 Å². The lowest BCUT2D eigenvalue weighted by Gasteiger charge is -2.30. The van der Waals surface area contributed by atoms with Crippen molar-refractivity contribution >= 4 is 5.82 Å². The van der Waals surface area contributed by atoms with Gasteiger partial charge in [-0.15, -0.1) is 0 Å². The zero-order valence-electron chi connectivity index (χ0n) is 13.3. The second-order valence-corrected chi connectivity index (χ2v) is 5.68. The highest BCUT2D eigenvalue weighted by atomic mass is 16.5. The Hall–Kier alpha value is -1.16. The number of aryl methyl sites for hydroxylation is 1. The third kappa shape index (κ3) is 2.80. The van der Waals surface area contributed by atoms with Crippen LogP contribution in [0.3, 0.4) is 0 Å². The van der Waals surface area contributed by atoms with Gasteiger partial charge in [0.25, 0.3) is 0 Å². The molecular formula is C16H27N3O. The third-order valence-electron chi connectivity index (χ3n) is 4.51. The van der Waals surface area contributed by atoms with Gasteiger partial charge in [0.15, 0.2) is 5.82 Å². The first kappa shape index (κ1) is 15.2. The molecule has 0 unspecified atom stereocenters. The topological polar surface area (TPSA) is 47.0 Å². The number of nitrogens with one attached hydrogen (secondary N) is 1. The van der Waals surface area contributed by atoms with Gasteiger partial charge in [0, 0.05) is 25.4 Å². The number of ether oxygens (including phenoxy) is 1. The average Bonchev–Trinajstić information content (AvgIpc) is 2.72. The molecule has 1 saturated carbocycles. The molecule has 1 aromatic heterocycles. The second kappa shape index (κ2) is 6.53. The van der Waals surface area contributed by atoms with E-state index in [9.17, 15) is 0 Å². The van der Waals surface area contributed by atoms with Gasteiger partial charge in [0.1, 0.15) is 11.4 Å². The monoisotopic (exact) mass is 277 g/mol. The van der Waals surface area contributed by atoms with Gasteiger partial charge in [0.2, 0.25) is 0 Å². The van der Waals surface area contributed by atoms with E-state index in [1.165, 1.54) is 31.2 Å². The lowest BCUT2D eigenvalue weighted by atomic mass is 9.92. The van der Waals surface area contributed by atoms with Crippen LogP contribution in [0.25, 0.3) is 0 Å². The number of aromatic nitrogens is 2. The van der Waals surface area contributed by atoms with Crippen molar-refractivity contribution in [2.45, 2.75) is 64.4 Å². The summed E-state index contributed by atoms with van der Waals surface area (Å²) in [6, 6.07) is 0. The maximum Gasteiger partial charge on any atom is 0.162 e. The Morgan fingerprint density at radius 2 is 1.80 bits per heavy atom. The number of anilines is 1. The lowest BCUT2D eigenvalue weighted by molar-refractivity contribution is -0.0351. The van der Waals surface area contributed by atoms with Crippen molar-refractivity contribution in [2.75, 3.05) is 19.5 Å². The summed E-state index contributed by atoms with van der Waals surface area (Å²) in [5.41, 5.74) is 1.98. The van der Waals surface area contributed by atoms with Gasteiger partial charge in [-0.1, -0.05) is 32.6 Å². The van der Waals surface area contributed by atoms with Crippen molar-refractivity contribution in [2.24, 2.45) is 0 Å². The van der Waals surface area contributed by atoms with E-state index in [0.717, 1.165) is 36.6 Å². The maximum absolute atomic E-state index is 5.92. The predicted molar refractivity (Wildman–Crippen MR) is 82.1 cm³/mol. The maximum atomic E-state index is 5.92. The van der Waals surface area contributed by atoms with Gasteiger partial charge in [-0.25, -0.2) is 9.97 Å². The first-order valence-corrected chi connectivity index (χ1v) is 7.77. The minimum Gasteiger partial charge on any atom is -0.373 e. The quantitative estimate of drug-likeness (QED) is 0.854. The van der Waals surface area contributed by atoms with Crippen molar-refractivity contribution in [1.29, 1.82) is 0 Å². The summed E-state index contributed by atoms with van der Waals surface area (Å²) in [6.45, 7) is 4.22. The Kier molecular flexibility index (Phi) is 4.97. The van der Waals surface area contributed by atoms with Crippen LogP contribution in [-0.2, 0) is 16.8 Å². The van der Waals surface area contributed by atoms with E-state index >= 15 is 0 Å². The fourth-order valence-electron chi connectivity index (χ4n) is 3.25. The summed E-state index contributed by atoms with van der Waals surface area (Å²) in [5.74, 6) is 1.82. The Labute approximate surface area is 122 Å². The number of rotatable bonds is 4. The molecule has 0 aliphatic heterocycles. The largest absolute Gasteiger partial charge is 0.373 e. The summed E-state index contributed by atoms with van der Waals surface area (Å²) in [7, 11) is 3.73. The fraction of sp³-hybridized carbons (Fsp3) is 0.750. The Morgan fingerprint density at radius 3 is 2.30 bits per heavy atom. The molecule has 0 aromatic carbocycles. The SMILES string of the molecule is CCc1c(C)nc(C2(OC)CCCCCC2)nc1NC. The average molecular weight is 277 g/mol. The minimum absolute atomic E-state index is 0.293. The molecule has 4 nitrogen and oxygen atoms in total. The van der Waals surface area contributed by atoms with E-state index < -0.39 is 0 Å². The van der Waals surface area contributed by atoms with Crippen molar-refractivity contribution in [1.82, 2.24) is 9.97 Å². The summed E-state index contributed by atoms with van der Waals surface area (Å²) in [5, 5.41) is 3.22. The number of methoxy groups -OCH3 is 1. The molecule has 1 heterocycles. The van der Waals surface area contributed by atoms with E-state index in [0.29, 0.717) is 0 Å². The molecule has 0 atom stereocenters. The summed E-state index contributed by atoms with van der Waals surface area (Å²) in [4.78, 5) is 9.57. The molecule has 112 valence electrons. The van der Waals surface area contributed by atoms with Crippen LogP contribution in [0, 0.1) is 6.92 Å². The van der Waals surface area contributed by atoms with Crippen LogP contribution in [0.5, 0.6) is 0 Å². The van der Waals surface area contributed by atoms with Crippen LogP contribution in [0.4, 0.5) is 5.82 Å². The Bertz CT molecular complexity index is 451. The van der Waals surface area contributed by atoms with Gasteiger partial charge in [-0.05, 0) is 26.2 Å². The number of nitrogens with zero attached hydrogens (tertiary/aromatic N) is 2. The van der Waals surface area contributed by atoms with Crippen LogP contribution >= 0.6 is 0 Å². The van der Waals surface area contributed by atoms with Gasteiger partial charge in [-0.3, -0.25) is 0 Å². The molecule has 0 saturated heterocycles. The molecule has 1 aliphatic carbocycles. The predicted octanol–water partition coefficient (Wildman–Crippen LogP) is 3.59. The zero-order valence-corrected chi connectivity index (χ0v) is 13.3. The van der Waals surface area contributed by atoms with Gasteiger partial charge in [-0.2, -0.15) is 0 Å². The number of hydrogen-bond acceptors (Lipinski definition) is 4. The second-order valence-electron chi connectivity index (χ2n) is 5.68. The number of hydrogen-bond donors (Lipinski definition) is 1. The van der Waals surface area contributed by atoms with Gasteiger partial charge < -0.3 is 10.1 Å². The fourth-order valence-corrected chi connectivity index (χ4v) is 3.25. The van der Waals surface area contributed by atoms with Gasteiger partial charge >= 0.3 is 0 Å². The van der Waals surface area contributed by atoms with E-state index in [1.807, 2.05) is 7.05 Å². The molecule has 2 rings (SSSR count). The minimum atomic E-state index is -0.293. The molecular weight excluding hydrogens is 250 g/mol. The highest BCUT2D eigenvalue weighted by molar-refractivity contribution is 5.46. The van der Waals surface area contributed by atoms with E-state index in [2.05, 4.69) is 19.2 Å². The molecule has 1 aliphatic rings. The highest BCUT2D eigenvalue weighted by Crippen LogP contribution is 2.38. The van der Waals surface area contributed by atoms with E-state index in [-0.39, 0.29) is 5.60 Å². The van der Waals surface area contributed by atoms with E-state index in [1.54, 1.807) is 7.11 Å². The van der Waals surface area contributed by atoms with Crippen LogP contribution in [0.1, 0.15) is 62.5 Å². The Morgan fingerprint density at radius 1 is 1.15 bits per heavy atom. The molecule has 1 aromatic rings. The van der Waals surface area contributed by atoms with Crippen LogP contribution in [-0.4, -0.2) is 24.1 Å².